The number of nitrogens with zero attached hydrogens (tertiary/aromatic N) is 3. The molecule has 0 atom stereocenters. The Morgan fingerprint density at radius 2 is 1.65 bits per heavy atom. The first kappa shape index (κ1) is 12.6. The summed E-state index contributed by atoms with van der Waals surface area (Å²) in [6.07, 6.45) is 3.26. The highest BCUT2D eigenvalue weighted by Gasteiger charge is 2.39. The minimum Gasteiger partial charge on any atom is -0.366 e. The quantitative estimate of drug-likeness (QED) is 0.773. The molecule has 2 heterocycles. The second-order valence-corrected chi connectivity index (χ2v) is 6.01. The summed E-state index contributed by atoms with van der Waals surface area (Å²) in [7, 11) is 0. The highest BCUT2D eigenvalue weighted by atomic mass is 35.5. The summed E-state index contributed by atoms with van der Waals surface area (Å²) in [5.41, 5.74) is -0.439. The maximum absolute atomic E-state index is 6.09. The molecular formula is C12H18ClN3O. The molecule has 1 aromatic heterocycles. The van der Waals surface area contributed by atoms with E-state index in [-0.39, 0.29) is 11.2 Å². The van der Waals surface area contributed by atoms with Crippen molar-refractivity contribution in [1.29, 1.82) is 0 Å². The lowest BCUT2D eigenvalue weighted by molar-refractivity contribution is -0.133. The van der Waals surface area contributed by atoms with Gasteiger partial charge in [0.05, 0.1) is 11.2 Å². The Bertz CT molecular complexity index is 404. The van der Waals surface area contributed by atoms with Crippen molar-refractivity contribution in [2.24, 2.45) is 0 Å². The third-order valence-corrected chi connectivity index (χ3v) is 2.90. The Labute approximate surface area is 107 Å². The van der Waals surface area contributed by atoms with Gasteiger partial charge >= 0.3 is 0 Å². The van der Waals surface area contributed by atoms with Gasteiger partial charge in [-0.3, -0.25) is 0 Å². The molecule has 0 bridgehead atoms. The molecule has 0 aliphatic carbocycles. The van der Waals surface area contributed by atoms with Gasteiger partial charge in [-0.05, 0) is 27.7 Å². The van der Waals surface area contributed by atoms with Crippen molar-refractivity contribution in [3.05, 3.63) is 17.5 Å². The van der Waals surface area contributed by atoms with E-state index in [0.29, 0.717) is 5.15 Å². The van der Waals surface area contributed by atoms with Crippen LogP contribution in [0.4, 0.5) is 5.82 Å². The van der Waals surface area contributed by atoms with Crippen molar-refractivity contribution < 1.29 is 4.74 Å². The fraction of sp³-hybridized carbons (Fsp3) is 0.667. The van der Waals surface area contributed by atoms with Gasteiger partial charge in [-0.1, -0.05) is 11.6 Å². The van der Waals surface area contributed by atoms with Gasteiger partial charge in [0.1, 0.15) is 0 Å². The highest BCUT2D eigenvalue weighted by Crippen LogP contribution is 2.32. The Morgan fingerprint density at radius 1 is 1.12 bits per heavy atom. The van der Waals surface area contributed by atoms with Crippen LogP contribution in [0.3, 0.4) is 0 Å². The number of rotatable bonds is 1. The lowest BCUT2D eigenvalue weighted by atomic mass is 9.99. The molecule has 4 nitrogen and oxygen atoms in total. The molecular weight excluding hydrogens is 238 g/mol. The van der Waals surface area contributed by atoms with Crippen molar-refractivity contribution >= 4 is 17.4 Å². The van der Waals surface area contributed by atoms with Crippen LogP contribution in [-0.4, -0.2) is 34.3 Å². The average Bonchev–Trinajstić information content (AvgIpc) is 2.13. The third kappa shape index (κ3) is 2.87. The zero-order valence-corrected chi connectivity index (χ0v) is 11.5. The van der Waals surface area contributed by atoms with Crippen LogP contribution >= 0.6 is 11.6 Å². The average molecular weight is 256 g/mol. The second kappa shape index (κ2) is 4.10. The van der Waals surface area contributed by atoms with Gasteiger partial charge in [-0.15, -0.1) is 0 Å². The molecule has 17 heavy (non-hydrogen) atoms. The Kier molecular flexibility index (Phi) is 3.04. The summed E-state index contributed by atoms with van der Waals surface area (Å²) in [6.45, 7) is 9.82. The summed E-state index contributed by atoms with van der Waals surface area (Å²) in [5, 5.41) is 0.445. The molecule has 0 amide bonds. The molecule has 0 unspecified atom stereocenters. The van der Waals surface area contributed by atoms with Crippen LogP contribution in [0.1, 0.15) is 27.7 Å². The standard InChI is InChI=1S/C12H18ClN3O/c1-11(2)7-16(8-12(3,4)17-11)10-9(13)14-5-6-15-10/h5-6H,7-8H2,1-4H3. The molecule has 1 aliphatic rings. The van der Waals surface area contributed by atoms with Crippen LogP contribution in [0.15, 0.2) is 12.4 Å². The third-order valence-electron chi connectivity index (χ3n) is 2.63. The molecule has 1 fully saturated rings. The molecule has 1 aromatic rings. The van der Waals surface area contributed by atoms with E-state index in [4.69, 9.17) is 16.3 Å². The summed E-state index contributed by atoms with van der Waals surface area (Å²) in [5.74, 6) is 0.735. The van der Waals surface area contributed by atoms with Crippen LogP contribution in [0.5, 0.6) is 0 Å². The predicted molar refractivity (Wildman–Crippen MR) is 68.5 cm³/mol. The molecule has 94 valence electrons. The number of hydrogen-bond donors (Lipinski definition) is 0. The molecule has 0 saturated carbocycles. The molecule has 1 saturated heterocycles. The Hall–Kier alpha value is -0.870. The normalized spacial score (nSPS) is 22.5. The summed E-state index contributed by atoms with van der Waals surface area (Å²) in [4.78, 5) is 10.5. The van der Waals surface area contributed by atoms with Gasteiger partial charge in [0, 0.05) is 25.5 Å². The monoisotopic (exact) mass is 255 g/mol. The summed E-state index contributed by atoms with van der Waals surface area (Å²) >= 11 is 6.09. The van der Waals surface area contributed by atoms with E-state index >= 15 is 0 Å². The summed E-state index contributed by atoms with van der Waals surface area (Å²) < 4.78 is 6.02. The van der Waals surface area contributed by atoms with Gasteiger partial charge in [0.2, 0.25) is 0 Å². The van der Waals surface area contributed by atoms with Crippen LogP contribution in [-0.2, 0) is 4.74 Å². The van der Waals surface area contributed by atoms with Crippen molar-refractivity contribution in [3.63, 3.8) is 0 Å². The van der Waals surface area contributed by atoms with Crippen molar-refractivity contribution in [3.8, 4) is 0 Å². The maximum Gasteiger partial charge on any atom is 0.171 e. The number of morpholine rings is 1. The van der Waals surface area contributed by atoms with Crippen LogP contribution in [0, 0.1) is 0 Å². The van der Waals surface area contributed by atoms with Gasteiger partial charge in [-0.2, -0.15) is 0 Å². The lowest BCUT2D eigenvalue weighted by Crippen LogP contribution is -2.57. The van der Waals surface area contributed by atoms with E-state index < -0.39 is 0 Å². The zero-order chi connectivity index (χ0) is 12.7. The van der Waals surface area contributed by atoms with Crippen LogP contribution in [0.2, 0.25) is 5.15 Å². The molecule has 1 aliphatic heterocycles. The first-order valence-electron chi connectivity index (χ1n) is 5.71. The lowest BCUT2D eigenvalue weighted by Gasteiger charge is -2.47. The van der Waals surface area contributed by atoms with E-state index in [9.17, 15) is 0 Å². The van der Waals surface area contributed by atoms with E-state index in [0.717, 1.165) is 18.9 Å². The topological polar surface area (TPSA) is 38.2 Å². The van der Waals surface area contributed by atoms with Crippen LogP contribution < -0.4 is 4.90 Å². The number of halogens is 1. The summed E-state index contributed by atoms with van der Waals surface area (Å²) in [6, 6.07) is 0. The molecule has 0 aromatic carbocycles. The Morgan fingerprint density at radius 3 is 2.18 bits per heavy atom. The smallest absolute Gasteiger partial charge is 0.171 e. The van der Waals surface area contributed by atoms with Gasteiger partial charge in [0.15, 0.2) is 11.0 Å². The van der Waals surface area contributed by atoms with Crippen LogP contribution in [0.25, 0.3) is 0 Å². The van der Waals surface area contributed by atoms with Crippen molar-refractivity contribution in [1.82, 2.24) is 9.97 Å². The van der Waals surface area contributed by atoms with Crippen molar-refractivity contribution in [2.75, 3.05) is 18.0 Å². The SMILES string of the molecule is CC1(C)CN(c2nccnc2Cl)CC(C)(C)O1. The fourth-order valence-corrected chi connectivity index (χ4v) is 2.69. The van der Waals surface area contributed by atoms with Gasteiger partial charge in [-0.25, -0.2) is 9.97 Å². The maximum atomic E-state index is 6.09. The molecule has 0 N–H and O–H groups in total. The molecule has 0 spiro atoms. The number of aromatic nitrogens is 2. The minimum atomic E-state index is -0.220. The largest absolute Gasteiger partial charge is 0.366 e. The highest BCUT2D eigenvalue weighted by molar-refractivity contribution is 6.31. The number of ether oxygens (including phenoxy) is 1. The van der Waals surface area contributed by atoms with E-state index in [1.165, 1.54) is 0 Å². The first-order chi connectivity index (χ1) is 7.79. The Balaban J connectivity index is 2.30. The zero-order valence-electron chi connectivity index (χ0n) is 10.7. The molecule has 5 heteroatoms. The van der Waals surface area contributed by atoms with Gasteiger partial charge < -0.3 is 9.64 Å². The molecule has 0 radical (unpaired) electrons. The van der Waals surface area contributed by atoms with Gasteiger partial charge in [0.25, 0.3) is 0 Å². The second-order valence-electron chi connectivity index (χ2n) is 5.65. The van der Waals surface area contributed by atoms with Crippen molar-refractivity contribution in [2.45, 2.75) is 38.9 Å². The molecule has 2 rings (SSSR count). The van der Waals surface area contributed by atoms with E-state index in [2.05, 4.69) is 42.6 Å². The fourth-order valence-electron chi connectivity index (χ4n) is 2.46. The predicted octanol–water partition coefficient (Wildman–Crippen LogP) is 2.52. The van der Waals surface area contributed by atoms with E-state index in [1.807, 2.05) is 0 Å². The number of anilines is 1. The minimum absolute atomic E-state index is 0.220. The van der Waals surface area contributed by atoms with E-state index in [1.54, 1.807) is 12.4 Å². The first-order valence-corrected chi connectivity index (χ1v) is 6.09. The number of hydrogen-bond acceptors (Lipinski definition) is 4.